The Morgan fingerprint density at radius 1 is 1.10 bits per heavy atom. The Morgan fingerprint density at radius 3 is 2.37 bits per heavy atom. The first-order valence-corrected chi connectivity index (χ1v) is 10.9. The van der Waals surface area contributed by atoms with Crippen molar-refractivity contribution in [2.75, 3.05) is 20.2 Å². The largest absolute Gasteiger partial charge is 0.469 e. The smallest absolute Gasteiger partial charge is 0.312 e. The highest BCUT2D eigenvalue weighted by molar-refractivity contribution is 7.89. The number of nitrogens with zero attached hydrogens (tertiary/aromatic N) is 2. The molecule has 2 aromatic rings. The van der Waals surface area contributed by atoms with Crippen LogP contribution in [0.5, 0.6) is 11.5 Å². The summed E-state index contributed by atoms with van der Waals surface area (Å²) in [6, 6.07) is 10.1. The average molecular weight is 434 g/mol. The Kier molecular flexibility index (Phi) is 6.68. The number of hydrogen-bond acceptors (Lipinski definition) is 7. The molecule has 2 aromatic carbocycles. The molecule has 10 heteroatoms. The summed E-state index contributed by atoms with van der Waals surface area (Å²) < 4.78 is 37.2. The molecule has 0 aliphatic carbocycles. The molecule has 9 nitrogen and oxygen atoms in total. The zero-order chi connectivity index (χ0) is 21.7. The number of rotatable bonds is 7. The lowest BCUT2D eigenvalue weighted by atomic mass is 10.1. The molecule has 1 fully saturated rings. The molecule has 0 unspecified atom stereocenters. The van der Waals surface area contributed by atoms with Crippen molar-refractivity contribution in [3.63, 3.8) is 0 Å². The van der Waals surface area contributed by atoms with Crippen LogP contribution in [0.3, 0.4) is 0 Å². The summed E-state index contributed by atoms with van der Waals surface area (Å²) in [5.41, 5.74) is 0.262. The molecule has 0 atom stereocenters. The van der Waals surface area contributed by atoms with Crippen molar-refractivity contribution in [3.05, 3.63) is 58.1 Å². The molecule has 1 aliphatic rings. The van der Waals surface area contributed by atoms with Crippen LogP contribution in [0.25, 0.3) is 0 Å². The van der Waals surface area contributed by atoms with Crippen LogP contribution in [0, 0.1) is 10.1 Å². The molecule has 0 N–H and O–H groups in total. The summed E-state index contributed by atoms with van der Waals surface area (Å²) in [5.74, 6) is -0.138. The lowest BCUT2D eigenvalue weighted by Crippen LogP contribution is -2.35. The van der Waals surface area contributed by atoms with Crippen molar-refractivity contribution < 1.29 is 27.6 Å². The molecule has 1 saturated heterocycles. The van der Waals surface area contributed by atoms with Gasteiger partial charge in [0.15, 0.2) is 0 Å². The van der Waals surface area contributed by atoms with Gasteiger partial charge in [-0.2, -0.15) is 4.31 Å². The average Bonchev–Trinajstić information content (AvgIpc) is 2.75. The van der Waals surface area contributed by atoms with Crippen molar-refractivity contribution in [1.82, 2.24) is 4.31 Å². The molecule has 1 aliphatic heterocycles. The first-order chi connectivity index (χ1) is 14.3. The van der Waals surface area contributed by atoms with Crippen molar-refractivity contribution in [1.29, 1.82) is 0 Å². The van der Waals surface area contributed by atoms with Crippen molar-refractivity contribution in [2.24, 2.45) is 0 Å². The van der Waals surface area contributed by atoms with Crippen molar-refractivity contribution in [3.8, 4) is 11.5 Å². The fourth-order valence-electron chi connectivity index (χ4n) is 3.18. The fraction of sp³-hybridized carbons (Fsp3) is 0.350. The first-order valence-electron chi connectivity index (χ1n) is 9.43. The van der Waals surface area contributed by atoms with Crippen LogP contribution in [-0.4, -0.2) is 43.8 Å². The molecule has 0 aromatic heterocycles. The maximum atomic E-state index is 12.8. The van der Waals surface area contributed by atoms with Crippen LogP contribution in [-0.2, 0) is 26.0 Å². The molecule has 3 rings (SSSR count). The second-order valence-electron chi connectivity index (χ2n) is 6.85. The second-order valence-corrected chi connectivity index (χ2v) is 8.79. The van der Waals surface area contributed by atoms with Gasteiger partial charge in [0.1, 0.15) is 5.75 Å². The van der Waals surface area contributed by atoms with E-state index in [9.17, 15) is 23.3 Å². The maximum absolute atomic E-state index is 12.8. The number of methoxy groups -OCH3 is 1. The number of carbonyl (C=O) groups is 1. The summed E-state index contributed by atoms with van der Waals surface area (Å²) in [6.45, 7) is 0.818. The molecule has 0 amide bonds. The summed E-state index contributed by atoms with van der Waals surface area (Å²) in [7, 11) is -2.50. The number of benzene rings is 2. The van der Waals surface area contributed by atoms with E-state index in [1.54, 1.807) is 24.3 Å². The minimum Gasteiger partial charge on any atom is -0.469 e. The summed E-state index contributed by atoms with van der Waals surface area (Å²) in [6.07, 6.45) is 2.61. The SMILES string of the molecule is COC(=O)Cc1ccc(Oc2ccc(S(=O)(=O)N3CCCCC3)cc2[N+](=O)[O-])cc1. The Balaban J connectivity index is 1.83. The van der Waals surface area contributed by atoms with Crippen LogP contribution >= 0.6 is 0 Å². The zero-order valence-electron chi connectivity index (χ0n) is 16.4. The second kappa shape index (κ2) is 9.23. The van der Waals surface area contributed by atoms with Crippen molar-refractivity contribution >= 4 is 21.7 Å². The van der Waals surface area contributed by atoms with Gasteiger partial charge in [-0.1, -0.05) is 18.6 Å². The van der Waals surface area contributed by atoms with Gasteiger partial charge in [0, 0.05) is 19.2 Å². The highest BCUT2D eigenvalue weighted by atomic mass is 32.2. The van der Waals surface area contributed by atoms with E-state index >= 15 is 0 Å². The van der Waals surface area contributed by atoms with Gasteiger partial charge in [0.2, 0.25) is 15.8 Å². The predicted molar refractivity (Wildman–Crippen MR) is 108 cm³/mol. The van der Waals surface area contributed by atoms with Gasteiger partial charge in [0.25, 0.3) is 0 Å². The van der Waals surface area contributed by atoms with Gasteiger partial charge >= 0.3 is 11.7 Å². The van der Waals surface area contributed by atoms with Gasteiger partial charge in [-0.05, 0) is 42.7 Å². The molecule has 1 heterocycles. The van der Waals surface area contributed by atoms with E-state index in [2.05, 4.69) is 4.74 Å². The minimum atomic E-state index is -3.80. The van der Waals surface area contributed by atoms with E-state index in [0.717, 1.165) is 25.3 Å². The number of piperidine rings is 1. The monoisotopic (exact) mass is 434 g/mol. The zero-order valence-corrected chi connectivity index (χ0v) is 17.3. The molecular weight excluding hydrogens is 412 g/mol. The van der Waals surface area contributed by atoms with Crippen LogP contribution < -0.4 is 4.74 Å². The Morgan fingerprint density at radius 2 is 1.77 bits per heavy atom. The number of esters is 1. The van der Waals surface area contributed by atoms with Crippen LogP contribution in [0.15, 0.2) is 47.4 Å². The number of sulfonamides is 1. The predicted octanol–water partition coefficient (Wildman–Crippen LogP) is 3.28. The highest BCUT2D eigenvalue weighted by Gasteiger charge is 2.29. The van der Waals surface area contributed by atoms with Crippen LogP contribution in [0.2, 0.25) is 0 Å². The molecular formula is C20H22N2O7S. The van der Waals surface area contributed by atoms with E-state index < -0.39 is 20.6 Å². The van der Waals surface area contributed by atoms with Gasteiger partial charge in [-0.25, -0.2) is 8.42 Å². The third kappa shape index (κ3) is 4.95. The quantitative estimate of drug-likeness (QED) is 0.373. The number of hydrogen-bond donors (Lipinski definition) is 0. The lowest BCUT2D eigenvalue weighted by molar-refractivity contribution is -0.385. The Hall–Kier alpha value is -2.98. The number of carbonyl (C=O) groups excluding carboxylic acids is 1. The Labute approximate surface area is 174 Å². The number of nitro benzene ring substituents is 1. The summed E-state index contributed by atoms with van der Waals surface area (Å²) in [5, 5.41) is 11.5. The van der Waals surface area contributed by atoms with E-state index in [-0.39, 0.29) is 23.0 Å². The fourth-order valence-corrected chi connectivity index (χ4v) is 4.72. The van der Waals surface area contributed by atoms with E-state index in [4.69, 9.17) is 4.74 Å². The van der Waals surface area contributed by atoms with Crippen LogP contribution in [0.1, 0.15) is 24.8 Å². The third-order valence-corrected chi connectivity index (χ3v) is 6.70. The number of ether oxygens (including phenoxy) is 2. The third-order valence-electron chi connectivity index (χ3n) is 4.81. The highest BCUT2D eigenvalue weighted by Crippen LogP contribution is 2.34. The van der Waals surface area contributed by atoms with Crippen molar-refractivity contribution in [2.45, 2.75) is 30.6 Å². The molecule has 160 valence electrons. The summed E-state index contributed by atoms with van der Waals surface area (Å²) >= 11 is 0. The van der Waals surface area contributed by atoms with E-state index in [1.807, 2.05) is 0 Å². The Bertz CT molecular complexity index is 1030. The van der Waals surface area contributed by atoms with E-state index in [0.29, 0.717) is 24.4 Å². The molecule has 0 saturated carbocycles. The molecule has 0 spiro atoms. The standard InChI is InChI=1S/C20H22N2O7S/c1-28-20(23)13-15-5-7-16(8-6-15)29-19-10-9-17(14-18(19)22(24)25)30(26,27)21-11-3-2-4-12-21/h5-10,14H,2-4,11-13H2,1H3. The molecule has 30 heavy (non-hydrogen) atoms. The minimum absolute atomic E-state index is 0.0710. The first kappa shape index (κ1) is 21.7. The molecule has 0 radical (unpaired) electrons. The normalized spacial score (nSPS) is 14.8. The van der Waals surface area contributed by atoms with Gasteiger partial charge < -0.3 is 9.47 Å². The number of nitro groups is 1. The van der Waals surface area contributed by atoms with Crippen LogP contribution in [0.4, 0.5) is 5.69 Å². The van der Waals surface area contributed by atoms with Gasteiger partial charge in [-0.3, -0.25) is 14.9 Å². The van der Waals surface area contributed by atoms with E-state index in [1.165, 1.54) is 23.5 Å². The lowest BCUT2D eigenvalue weighted by Gasteiger charge is -2.25. The van der Waals surface area contributed by atoms with Gasteiger partial charge in [-0.15, -0.1) is 0 Å². The summed E-state index contributed by atoms with van der Waals surface area (Å²) in [4.78, 5) is 22.1. The molecule has 0 bridgehead atoms. The topological polar surface area (TPSA) is 116 Å². The maximum Gasteiger partial charge on any atom is 0.312 e. The van der Waals surface area contributed by atoms with Gasteiger partial charge in [0.05, 0.1) is 23.3 Å².